The second-order valence-electron chi connectivity index (χ2n) is 5.38. The van der Waals surface area contributed by atoms with E-state index in [2.05, 4.69) is 11.7 Å². The first-order chi connectivity index (χ1) is 11.5. The molecule has 0 saturated carbocycles. The lowest BCUT2D eigenvalue weighted by Crippen LogP contribution is -2.27. The number of ether oxygens (including phenoxy) is 1. The van der Waals surface area contributed by atoms with E-state index in [1.54, 1.807) is 6.92 Å². The van der Waals surface area contributed by atoms with Crippen molar-refractivity contribution in [3.05, 3.63) is 62.8 Å². The fourth-order valence-electron chi connectivity index (χ4n) is 1.99. The van der Waals surface area contributed by atoms with E-state index in [0.29, 0.717) is 16.5 Å². The first-order valence-electron chi connectivity index (χ1n) is 6.95. The lowest BCUT2D eigenvalue weighted by molar-refractivity contribution is -0.138. The highest BCUT2D eigenvalue weighted by Gasteiger charge is 2.34. The minimum absolute atomic E-state index is 0.0484. The van der Waals surface area contributed by atoms with E-state index in [4.69, 9.17) is 16.3 Å². The van der Waals surface area contributed by atoms with Gasteiger partial charge >= 0.3 is 6.18 Å². The van der Waals surface area contributed by atoms with Gasteiger partial charge in [0.2, 0.25) is 0 Å². The molecule has 0 amide bonds. The molecule has 0 bridgehead atoms. The van der Waals surface area contributed by atoms with Crippen LogP contribution in [0.1, 0.15) is 18.1 Å². The lowest BCUT2D eigenvalue weighted by Gasteiger charge is -2.14. The van der Waals surface area contributed by atoms with Gasteiger partial charge in [-0.25, -0.2) is 4.39 Å². The van der Waals surface area contributed by atoms with Crippen molar-refractivity contribution in [2.45, 2.75) is 20.0 Å². The highest BCUT2D eigenvalue weighted by Crippen LogP contribution is 2.31. The minimum atomic E-state index is -4.73. The summed E-state index contributed by atoms with van der Waals surface area (Å²) in [5.74, 6) is -0.881. The fourth-order valence-corrected chi connectivity index (χ4v) is 2.19. The topological polar surface area (TPSA) is 44.1 Å². The summed E-state index contributed by atoms with van der Waals surface area (Å²) in [4.78, 5) is 12.2. The maximum Gasteiger partial charge on any atom is 0.418 e. The average Bonchev–Trinajstić information content (AvgIpc) is 2.48. The van der Waals surface area contributed by atoms with Gasteiger partial charge in [-0.2, -0.15) is 23.0 Å². The SMILES string of the molecule is C=C(C)COc1cc(-n2ncc(C(F)(F)F)c(C)c2=O)c(F)cc1Cl. The molecule has 0 atom stereocenters. The zero-order valence-corrected chi connectivity index (χ0v) is 14.0. The van der Waals surface area contributed by atoms with Gasteiger partial charge < -0.3 is 4.74 Å². The van der Waals surface area contributed by atoms with Gasteiger partial charge in [-0.3, -0.25) is 4.79 Å². The van der Waals surface area contributed by atoms with E-state index in [-0.39, 0.29) is 23.1 Å². The van der Waals surface area contributed by atoms with Crippen LogP contribution in [0.5, 0.6) is 5.75 Å². The largest absolute Gasteiger partial charge is 0.488 e. The van der Waals surface area contributed by atoms with Gasteiger partial charge in [0.1, 0.15) is 18.0 Å². The van der Waals surface area contributed by atoms with Crippen molar-refractivity contribution in [2.75, 3.05) is 6.61 Å². The number of aromatic nitrogens is 2. The Bertz CT molecular complexity index is 891. The molecule has 2 aromatic rings. The van der Waals surface area contributed by atoms with Crippen LogP contribution >= 0.6 is 11.6 Å². The van der Waals surface area contributed by atoms with E-state index >= 15 is 0 Å². The summed E-state index contributed by atoms with van der Waals surface area (Å²) >= 11 is 5.88. The molecular formula is C16H13ClF4N2O2. The minimum Gasteiger partial charge on any atom is -0.488 e. The second-order valence-corrected chi connectivity index (χ2v) is 5.78. The smallest absolute Gasteiger partial charge is 0.418 e. The molecular weight excluding hydrogens is 364 g/mol. The van der Waals surface area contributed by atoms with Crippen molar-refractivity contribution in [3.63, 3.8) is 0 Å². The molecule has 4 nitrogen and oxygen atoms in total. The standard InChI is InChI=1S/C16H13ClF4N2O2/c1-8(2)7-25-14-5-13(12(18)4-11(14)17)23-15(24)9(3)10(6-22-23)16(19,20)21/h4-6H,1,7H2,2-3H3. The van der Waals surface area contributed by atoms with Crippen molar-refractivity contribution in [1.29, 1.82) is 0 Å². The van der Waals surface area contributed by atoms with Crippen LogP contribution in [0.25, 0.3) is 5.69 Å². The molecule has 0 aliphatic heterocycles. The lowest BCUT2D eigenvalue weighted by atomic mass is 10.2. The van der Waals surface area contributed by atoms with Crippen LogP contribution in [0.3, 0.4) is 0 Å². The molecule has 0 spiro atoms. The number of benzene rings is 1. The van der Waals surface area contributed by atoms with Gasteiger partial charge in [0.05, 0.1) is 16.8 Å². The Morgan fingerprint density at radius 2 is 2.04 bits per heavy atom. The molecule has 0 unspecified atom stereocenters. The molecule has 9 heteroatoms. The first-order valence-corrected chi connectivity index (χ1v) is 7.33. The zero-order chi connectivity index (χ0) is 18.9. The molecule has 1 aromatic carbocycles. The van der Waals surface area contributed by atoms with Crippen LogP contribution in [0.15, 0.2) is 35.3 Å². The Balaban J connectivity index is 2.59. The zero-order valence-electron chi connectivity index (χ0n) is 13.2. The molecule has 0 aliphatic carbocycles. The van der Waals surface area contributed by atoms with Gasteiger partial charge in [-0.1, -0.05) is 18.2 Å². The van der Waals surface area contributed by atoms with Gasteiger partial charge in [0.25, 0.3) is 5.56 Å². The van der Waals surface area contributed by atoms with Crippen molar-refractivity contribution in [3.8, 4) is 11.4 Å². The summed E-state index contributed by atoms with van der Waals surface area (Å²) in [6.45, 7) is 6.43. The van der Waals surface area contributed by atoms with Crippen LogP contribution in [-0.2, 0) is 6.18 Å². The first kappa shape index (κ1) is 19.0. The number of halogens is 5. The third kappa shape index (κ3) is 4.01. The van der Waals surface area contributed by atoms with Gasteiger partial charge in [-0.05, 0) is 25.5 Å². The molecule has 0 N–H and O–H groups in total. The Hall–Kier alpha value is -2.35. The number of alkyl halides is 3. The maximum atomic E-state index is 14.2. The van der Waals surface area contributed by atoms with Crippen LogP contribution in [-0.4, -0.2) is 16.4 Å². The summed E-state index contributed by atoms with van der Waals surface area (Å²) in [5.41, 5.74) is -2.57. The molecule has 0 fully saturated rings. The van der Waals surface area contributed by atoms with Crippen LogP contribution in [0.2, 0.25) is 5.02 Å². The third-order valence-electron chi connectivity index (χ3n) is 3.23. The summed E-state index contributed by atoms with van der Waals surface area (Å²) < 4.78 is 58.5. The van der Waals surface area contributed by atoms with Gasteiger partial charge in [0, 0.05) is 11.6 Å². The molecule has 1 heterocycles. The van der Waals surface area contributed by atoms with Crippen LogP contribution < -0.4 is 10.3 Å². The quantitative estimate of drug-likeness (QED) is 0.590. The molecule has 25 heavy (non-hydrogen) atoms. The van der Waals surface area contributed by atoms with Crippen LogP contribution in [0.4, 0.5) is 17.6 Å². The van der Waals surface area contributed by atoms with Crippen molar-refractivity contribution in [1.82, 2.24) is 9.78 Å². The average molecular weight is 377 g/mol. The normalized spacial score (nSPS) is 11.5. The van der Waals surface area contributed by atoms with E-state index in [0.717, 1.165) is 19.1 Å². The molecule has 134 valence electrons. The second kappa shape index (κ2) is 6.87. The van der Waals surface area contributed by atoms with Crippen molar-refractivity contribution >= 4 is 11.6 Å². The Morgan fingerprint density at radius 3 is 2.60 bits per heavy atom. The highest BCUT2D eigenvalue weighted by molar-refractivity contribution is 6.32. The number of rotatable bonds is 4. The summed E-state index contributed by atoms with van der Waals surface area (Å²) in [6.07, 6.45) is -4.26. The molecule has 0 saturated heterocycles. The van der Waals surface area contributed by atoms with Gasteiger partial charge in [0.15, 0.2) is 5.82 Å². The van der Waals surface area contributed by atoms with Crippen molar-refractivity contribution in [2.24, 2.45) is 0 Å². The van der Waals surface area contributed by atoms with Crippen molar-refractivity contribution < 1.29 is 22.3 Å². The van der Waals surface area contributed by atoms with E-state index in [1.165, 1.54) is 0 Å². The highest BCUT2D eigenvalue weighted by atomic mass is 35.5. The number of nitrogens with zero attached hydrogens (tertiary/aromatic N) is 2. The molecule has 1 aromatic heterocycles. The van der Waals surface area contributed by atoms with E-state index in [1.807, 2.05) is 0 Å². The molecule has 2 rings (SSSR count). The molecule has 0 aliphatic rings. The fraction of sp³-hybridized carbons (Fsp3) is 0.250. The maximum absolute atomic E-state index is 14.2. The number of hydrogen-bond acceptors (Lipinski definition) is 3. The predicted molar refractivity (Wildman–Crippen MR) is 84.9 cm³/mol. The molecule has 0 radical (unpaired) electrons. The Morgan fingerprint density at radius 1 is 1.40 bits per heavy atom. The van der Waals surface area contributed by atoms with Gasteiger partial charge in [-0.15, -0.1) is 0 Å². The summed E-state index contributed by atoms with van der Waals surface area (Å²) in [6, 6.07) is 1.99. The summed E-state index contributed by atoms with van der Waals surface area (Å²) in [7, 11) is 0. The third-order valence-corrected chi connectivity index (χ3v) is 3.52. The Labute approximate surface area is 145 Å². The Kier molecular flexibility index (Phi) is 5.22. The van der Waals surface area contributed by atoms with E-state index < -0.39 is 28.7 Å². The number of hydrogen-bond donors (Lipinski definition) is 0. The summed E-state index contributed by atoms with van der Waals surface area (Å²) in [5, 5.41) is 3.37. The van der Waals surface area contributed by atoms with Crippen LogP contribution in [0, 0.1) is 12.7 Å². The van der Waals surface area contributed by atoms with E-state index in [9.17, 15) is 22.4 Å². The predicted octanol–water partition coefficient (Wildman–Crippen LogP) is 4.31. The monoisotopic (exact) mass is 376 g/mol.